The van der Waals surface area contributed by atoms with Gasteiger partial charge in [0.05, 0.1) is 0 Å². The van der Waals surface area contributed by atoms with Crippen LogP contribution >= 0.6 is 0 Å². The number of rotatable bonds is 4. The van der Waals surface area contributed by atoms with Gasteiger partial charge in [-0.15, -0.1) is 0 Å². The van der Waals surface area contributed by atoms with Crippen molar-refractivity contribution in [1.82, 2.24) is 10.2 Å². The molecule has 3 rings (SSSR count). The van der Waals surface area contributed by atoms with E-state index in [0.717, 1.165) is 32.0 Å². The molecular formula is C19H27N3O2. The Kier molecular flexibility index (Phi) is 5.86. The summed E-state index contributed by atoms with van der Waals surface area (Å²) < 4.78 is 0. The molecule has 130 valence electrons. The predicted molar refractivity (Wildman–Crippen MR) is 94.6 cm³/mol. The van der Waals surface area contributed by atoms with Crippen molar-refractivity contribution < 1.29 is 9.59 Å². The minimum absolute atomic E-state index is 0.483. The van der Waals surface area contributed by atoms with Gasteiger partial charge in [0.1, 0.15) is 0 Å². The fourth-order valence-electron chi connectivity index (χ4n) is 3.82. The molecule has 0 atom stereocenters. The van der Waals surface area contributed by atoms with Gasteiger partial charge >= 0.3 is 11.8 Å². The van der Waals surface area contributed by atoms with Gasteiger partial charge in [0.15, 0.2) is 0 Å². The number of carbonyl (C=O) groups excluding carboxylic acids is 2. The van der Waals surface area contributed by atoms with Gasteiger partial charge in [-0.3, -0.25) is 9.59 Å². The summed E-state index contributed by atoms with van der Waals surface area (Å²) in [5.74, 6) is -0.655. The van der Waals surface area contributed by atoms with Gasteiger partial charge in [0.25, 0.3) is 0 Å². The van der Waals surface area contributed by atoms with Crippen molar-refractivity contribution in [2.75, 3.05) is 25.0 Å². The molecule has 5 nitrogen and oxygen atoms in total. The minimum Gasteiger partial charge on any atom is -0.348 e. The first-order valence-electron chi connectivity index (χ1n) is 9.10. The molecule has 1 aliphatic heterocycles. The Morgan fingerprint density at radius 2 is 1.62 bits per heavy atom. The van der Waals surface area contributed by atoms with Crippen molar-refractivity contribution in [1.29, 1.82) is 0 Å². The third-order valence-corrected chi connectivity index (χ3v) is 5.28. The van der Waals surface area contributed by atoms with E-state index in [1.54, 1.807) is 12.1 Å². The molecule has 1 saturated heterocycles. The molecule has 1 aliphatic carbocycles. The number of benzene rings is 1. The van der Waals surface area contributed by atoms with E-state index in [9.17, 15) is 9.59 Å². The van der Waals surface area contributed by atoms with Gasteiger partial charge in [-0.05, 0) is 56.8 Å². The number of hydrogen-bond donors (Lipinski definition) is 2. The molecule has 5 heteroatoms. The Labute approximate surface area is 143 Å². The first-order valence-corrected chi connectivity index (χ1v) is 9.10. The lowest BCUT2D eigenvalue weighted by molar-refractivity contribution is -0.136. The van der Waals surface area contributed by atoms with Gasteiger partial charge in [-0.25, -0.2) is 0 Å². The zero-order valence-corrected chi connectivity index (χ0v) is 14.2. The zero-order valence-electron chi connectivity index (χ0n) is 14.2. The van der Waals surface area contributed by atoms with Gasteiger partial charge in [-0.1, -0.05) is 31.0 Å². The Morgan fingerprint density at radius 1 is 0.958 bits per heavy atom. The summed E-state index contributed by atoms with van der Waals surface area (Å²) in [6.45, 7) is 2.85. The summed E-state index contributed by atoms with van der Waals surface area (Å²) in [4.78, 5) is 26.4. The summed E-state index contributed by atoms with van der Waals surface area (Å²) in [5.41, 5.74) is 0.641. The number of carbonyl (C=O) groups is 2. The molecule has 0 spiro atoms. The van der Waals surface area contributed by atoms with E-state index in [1.165, 1.54) is 25.7 Å². The third-order valence-electron chi connectivity index (χ3n) is 5.28. The number of anilines is 1. The largest absolute Gasteiger partial charge is 0.348 e. The highest BCUT2D eigenvalue weighted by Gasteiger charge is 2.27. The van der Waals surface area contributed by atoms with Gasteiger partial charge in [0, 0.05) is 18.3 Å². The highest BCUT2D eigenvalue weighted by atomic mass is 16.2. The first-order chi connectivity index (χ1) is 11.7. The normalized spacial score (nSPS) is 20.0. The molecule has 1 aromatic carbocycles. The van der Waals surface area contributed by atoms with Crippen molar-refractivity contribution in [3.05, 3.63) is 30.3 Å². The molecule has 0 aromatic heterocycles. The number of amides is 2. The van der Waals surface area contributed by atoms with Gasteiger partial charge in [0.2, 0.25) is 0 Å². The van der Waals surface area contributed by atoms with Crippen LogP contribution in [0.1, 0.15) is 38.5 Å². The monoisotopic (exact) mass is 329 g/mol. The standard InChI is InChI=1S/C19H27N3O2/c23-18(19(24)21-16-6-2-1-3-7-16)20-14-15-10-12-22(13-11-15)17-8-4-5-9-17/h1-3,6-7,15,17H,4-5,8-14H2,(H,20,23)(H,21,24). The van der Waals surface area contributed by atoms with E-state index in [-0.39, 0.29) is 0 Å². The number of likely N-dealkylation sites (tertiary alicyclic amines) is 1. The molecule has 2 aliphatic rings. The molecule has 1 saturated carbocycles. The summed E-state index contributed by atoms with van der Waals surface area (Å²) in [5, 5.41) is 5.40. The highest BCUT2D eigenvalue weighted by Crippen LogP contribution is 2.27. The van der Waals surface area contributed by atoms with E-state index < -0.39 is 11.8 Å². The molecule has 24 heavy (non-hydrogen) atoms. The topological polar surface area (TPSA) is 61.4 Å². The number of piperidine rings is 1. The quantitative estimate of drug-likeness (QED) is 0.834. The lowest BCUT2D eigenvalue weighted by Crippen LogP contribution is -2.44. The number of nitrogens with zero attached hydrogens (tertiary/aromatic N) is 1. The highest BCUT2D eigenvalue weighted by molar-refractivity contribution is 6.39. The summed E-state index contributed by atoms with van der Waals surface area (Å²) in [6, 6.07) is 9.84. The van der Waals surface area contributed by atoms with E-state index in [0.29, 0.717) is 18.2 Å². The Morgan fingerprint density at radius 3 is 2.29 bits per heavy atom. The van der Waals surface area contributed by atoms with Crippen LogP contribution in [0, 0.1) is 5.92 Å². The van der Waals surface area contributed by atoms with E-state index in [1.807, 2.05) is 18.2 Å². The van der Waals surface area contributed by atoms with Crippen molar-refractivity contribution in [2.24, 2.45) is 5.92 Å². The maximum absolute atomic E-state index is 11.9. The zero-order chi connectivity index (χ0) is 16.8. The fourth-order valence-corrected chi connectivity index (χ4v) is 3.82. The molecule has 2 amide bonds. The van der Waals surface area contributed by atoms with Crippen LogP contribution in [0.25, 0.3) is 0 Å². The van der Waals surface area contributed by atoms with Crippen molar-refractivity contribution in [2.45, 2.75) is 44.6 Å². The second-order valence-electron chi connectivity index (χ2n) is 6.95. The third kappa shape index (κ3) is 4.57. The SMILES string of the molecule is O=C(NCC1CCN(C2CCCC2)CC1)C(=O)Nc1ccccc1. The van der Waals surface area contributed by atoms with Crippen LogP contribution in [-0.4, -0.2) is 42.4 Å². The Hall–Kier alpha value is -1.88. The van der Waals surface area contributed by atoms with E-state index >= 15 is 0 Å². The van der Waals surface area contributed by atoms with Crippen LogP contribution in [0.5, 0.6) is 0 Å². The molecule has 2 fully saturated rings. The molecule has 0 bridgehead atoms. The molecular weight excluding hydrogens is 302 g/mol. The maximum atomic E-state index is 11.9. The van der Waals surface area contributed by atoms with Crippen molar-refractivity contribution in [3.63, 3.8) is 0 Å². The lowest BCUT2D eigenvalue weighted by atomic mass is 9.95. The lowest BCUT2D eigenvalue weighted by Gasteiger charge is -2.36. The average Bonchev–Trinajstić information content (AvgIpc) is 3.15. The number of para-hydroxylation sites is 1. The number of nitrogens with one attached hydrogen (secondary N) is 2. The maximum Gasteiger partial charge on any atom is 0.313 e. The number of hydrogen-bond acceptors (Lipinski definition) is 3. The molecule has 0 unspecified atom stereocenters. The first kappa shape index (κ1) is 17.0. The van der Waals surface area contributed by atoms with Crippen molar-refractivity contribution in [3.8, 4) is 0 Å². The van der Waals surface area contributed by atoms with E-state index in [4.69, 9.17) is 0 Å². The summed E-state index contributed by atoms with van der Waals surface area (Å²) in [7, 11) is 0. The van der Waals surface area contributed by atoms with Gasteiger partial charge < -0.3 is 15.5 Å². The molecule has 2 N–H and O–H groups in total. The molecule has 1 heterocycles. The molecule has 1 aromatic rings. The summed E-state index contributed by atoms with van der Waals surface area (Å²) >= 11 is 0. The van der Waals surface area contributed by atoms with Crippen molar-refractivity contribution >= 4 is 17.5 Å². The molecule has 0 radical (unpaired) electrons. The van der Waals surface area contributed by atoms with Crippen LogP contribution in [0.3, 0.4) is 0 Å². The predicted octanol–water partition coefficient (Wildman–Crippen LogP) is 2.40. The van der Waals surface area contributed by atoms with Crippen LogP contribution < -0.4 is 10.6 Å². The summed E-state index contributed by atoms with van der Waals surface area (Å²) in [6.07, 6.45) is 7.66. The minimum atomic E-state index is -0.593. The Balaban J connectivity index is 1.36. The smallest absolute Gasteiger partial charge is 0.313 e. The van der Waals surface area contributed by atoms with Crippen LogP contribution in [0.15, 0.2) is 30.3 Å². The fraction of sp³-hybridized carbons (Fsp3) is 0.579. The Bertz CT molecular complexity index is 547. The average molecular weight is 329 g/mol. The second-order valence-corrected chi connectivity index (χ2v) is 6.95. The van der Waals surface area contributed by atoms with Crippen LogP contribution in [0.4, 0.5) is 5.69 Å². The second kappa shape index (κ2) is 8.29. The van der Waals surface area contributed by atoms with Gasteiger partial charge in [-0.2, -0.15) is 0 Å². The van der Waals surface area contributed by atoms with Crippen LogP contribution in [0.2, 0.25) is 0 Å². The van der Waals surface area contributed by atoms with Crippen LogP contribution in [-0.2, 0) is 9.59 Å². The van der Waals surface area contributed by atoms with E-state index in [2.05, 4.69) is 15.5 Å².